The van der Waals surface area contributed by atoms with Gasteiger partial charge in [-0.25, -0.2) is 4.79 Å². The molecule has 0 radical (unpaired) electrons. The van der Waals surface area contributed by atoms with E-state index in [-0.39, 0.29) is 25.0 Å². The molecule has 0 aliphatic heterocycles. The number of hydrogen-bond acceptors (Lipinski definition) is 4. The van der Waals surface area contributed by atoms with E-state index < -0.39 is 17.9 Å². The van der Waals surface area contributed by atoms with Crippen LogP contribution < -0.4 is 5.32 Å². The number of ketones is 1. The van der Waals surface area contributed by atoms with E-state index in [0.29, 0.717) is 5.56 Å². The number of amides is 1. The third kappa shape index (κ3) is 5.44. The molecule has 1 atom stereocenters. The van der Waals surface area contributed by atoms with Gasteiger partial charge >= 0.3 is 5.97 Å². The van der Waals surface area contributed by atoms with Gasteiger partial charge in [-0.2, -0.15) is 0 Å². The highest BCUT2D eigenvalue weighted by molar-refractivity contribution is 7.12. The lowest BCUT2D eigenvalue weighted by molar-refractivity contribution is -0.141. The largest absolute Gasteiger partial charge is 0.480 e. The average molecular weight is 323 g/mol. The summed E-state index contributed by atoms with van der Waals surface area (Å²) in [6.45, 7) is 5.59. The van der Waals surface area contributed by atoms with Gasteiger partial charge in [0.05, 0.1) is 0 Å². The fourth-order valence-corrected chi connectivity index (χ4v) is 2.97. The third-order valence-electron chi connectivity index (χ3n) is 3.16. The molecule has 1 aromatic rings. The van der Waals surface area contributed by atoms with E-state index in [9.17, 15) is 14.4 Å². The van der Waals surface area contributed by atoms with E-state index in [0.717, 1.165) is 9.75 Å². The number of aliphatic carboxylic acids is 1. The van der Waals surface area contributed by atoms with Crippen LogP contribution in [-0.2, 0) is 9.59 Å². The summed E-state index contributed by atoms with van der Waals surface area (Å²) in [6.07, 6.45) is 3.72. The second-order valence-electron chi connectivity index (χ2n) is 5.01. The maximum Gasteiger partial charge on any atom is 0.326 e. The molecule has 1 rings (SSSR count). The number of carboxylic acid groups (broad SMARTS) is 1. The van der Waals surface area contributed by atoms with E-state index in [1.807, 2.05) is 19.9 Å². The second-order valence-corrected chi connectivity index (χ2v) is 6.47. The Bertz CT molecular complexity index is 589. The third-order valence-corrected chi connectivity index (χ3v) is 4.13. The molecule has 5 nitrogen and oxygen atoms in total. The van der Waals surface area contributed by atoms with Crippen LogP contribution >= 0.6 is 11.3 Å². The van der Waals surface area contributed by atoms with Crippen molar-refractivity contribution in [3.05, 3.63) is 33.5 Å². The van der Waals surface area contributed by atoms with Crippen molar-refractivity contribution in [2.75, 3.05) is 0 Å². The van der Waals surface area contributed by atoms with Gasteiger partial charge in [0.25, 0.3) is 0 Å². The Balaban J connectivity index is 2.53. The van der Waals surface area contributed by atoms with E-state index >= 15 is 0 Å². The van der Waals surface area contributed by atoms with Crippen molar-refractivity contribution in [2.45, 2.75) is 46.1 Å². The number of carbonyl (C=O) groups excluding carboxylic acids is 2. The zero-order chi connectivity index (χ0) is 16.7. The minimum absolute atomic E-state index is 0.00716. The number of carboxylic acids is 1. The normalized spacial score (nSPS) is 12.3. The Kier molecular flexibility index (Phi) is 6.98. The molecule has 2 N–H and O–H groups in total. The number of nitrogens with one attached hydrogen (secondary N) is 1. The maximum atomic E-state index is 12.1. The molecule has 1 aromatic heterocycles. The van der Waals surface area contributed by atoms with Gasteiger partial charge in [-0.1, -0.05) is 12.2 Å². The van der Waals surface area contributed by atoms with Gasteiger partial charge < -0.3 is 10.4 Å². The lowest BCUT2D eigenvalue weighted by atomic mass is 10.1. The first-order valence-corrected chi connectivity index (χ1v) is 7.90. The Morgan fingerprint density at radius 1 is 1.32 bits per heavy atom. The van der Waals surface area contributed by atoms with Crippen LogP contribution in [0.25, 0.3) is 0 Å². The fraction of sp³-hybridized carbons (Fsp3) is 0.438. The van der Waals surface area contributed by atoms with Crippen LogP contribution in [0.5, 0.6) is 0 Å². The quantitative estimate of drug-likeness (QED) is 0.569. The van der Waals surface area contributed by atoms with Crippen LogP contribution in [0.15, 0.2) is 18.2 Å². The molecule has 0 saturated heterocycles. The second kappa shape index (κ2) is 8.48. The van der Waals surface area contributed by atoms with Crippen LogP contribution in [0.1, 0.15) is 46.3 Å². The molecule has 6 heteroatoms. The molecule has 0 aliphatic rings. The van der Waals surface area contributed by atoms with E-state index in [1.165, 1.54) is 0 Å². The van der Waals surface area contributed by atoms with Gasteiger partial charge in [-0.3, -0.25) is 9.59 Å². The van der Waals surface area contributed by atoms with Gasteiger partial charge in [0.1, 0.15) is 6.04 Å². The Hall–Kier alpha value is -1.95. The molecule has 0 aromatic carbocycles. The van der Waals surface area contributed by atoms with Crippen LogP contribution in [0.3, 0.4) is 0 Å². The highest BCUT2D eigenvalue weighted by Gasteiger charge is 2.19. The molecule has 0 spiro atoms. The summed E-state index contributed by atoms with van der Waals surface area (Å²) in [4.78, 5) is 36.9. The van der Waals surface area contributed by atoms with Crippen molar-refractivity contribution in [1.82, 2.24) is 5.32 Å². The molecule has 120 valence electrons. The Morgan fingerprint density at radius 3 is 2.50 bits per heavy atom. The first kappa shape index (κ1) is 18.1. The van der Waals surface area contributed by atoms with E-state index in [1.54, 1.807) is 30.4 Å². The smallest absolute Gasteiger partial charge is 0.326 e. The predicted molar refractivity (Wildman–Crippen MR) is 86.4 cm³/mol. The summed E-state index contributed by atoms with van der Waals surface area (Å²) >= 11 is 1.55. The van der Waals surface area contributed by atoms with Crippen molar-refractivity contribution >= 4 is 29.0 Å². The molecule has 0 fully saturated rings. The summed E-state index contributed by atoms with van der Waals surface area (Å²) in [6, 6.07) is 0.871. The zero-order valence-electron chi connectivity index (χ0n) is 13.0. The van der Waals surface area contributed by atoms with Crippen molar-refractivity contribution in [3.8, 4) is 0 Å². The summed E-state index contributed by atoms with van der Waals surface area (Å²) < 4.78 is 0. The van der Waals surface area contributed by atoms with Crippen LogP contribution in [0, 0.1) is 13.8 Å². The van der Waals surface area contributed by atoms with Crippen molar-refractivity contribution in [1.29, 1.82) is 0 Å². The molecular formula is C16H21NO4S. The minimum Gasteiger partial charge on any atom is -0.480 e. The van der Waals surface area contributed by atoms with Gasteiger partial charge in [-0.05, 0) is 33.3 Å². The molecule has 0 bridgehead atoms. The summed E-state index contributed by atoms with van der Waals surface area (Å²) in [5.41, 5.74) is 0.652. The number of aryl methyl sites for hydroxylation is 2. The van der Waals surface area contributed by atoms with E-state index in [4.69, 9.17) is 5.11 Å². The number of thiophene rings is 1. The molecule has 22 heavy (non-hydrogen) atoms. The van der Waals surface area contributed by atoms with Gasteiger partial charge in [0.2, 0.25) is 5.91 Å². The molecule has 0 saturated carbocycles. The van der Waals surface area contributed by atoms with E-state index in [2.05, 4.69) is 5.32 Å². The summed E-state index contributed by atoms with van der Waals surface area (Å²) in [7, 11) is 0. The average Bonchev–Trinajstić information content (AvgIpc) is 2.79. The van der Waals surface area contributed by atoms with Crippen LogP contribution in [0.4, 0.5) is 0 Å². The molecule has 1 unspecified atom stereocenters. The summed E-state index contributed by atoms with van der Waals surface area (Å²) in [5, 5.41) is 11.5. The molecular weight excluding hydrogens is 302 g/mol. The topological polar surface area (TPSA) is 83.5 Å². The number of carbonyl (C=O) groups is 3. The first-order valence-electron chi connectivity index (χ1n) is 7.08. The number of Topliss-reactive ketones (excluding diaryl/α,β-unsaturated/α-hetero) is 1. The number of allylic oxidation sites excluding steroid dienone is 1. The first-order chi connectivity index (χ1) is 10.3. The predicted octanol–water partition coefficient (Wildman–Crippen LogP) is 2.86. The van der Waals surface area contributed by atoms with Gasteiger partial charge in [-0.15, -0.1) is 11.3 Å². The Labute approximate surface area is 134 Å². The highest BCUT2D eigenvalue weighted by atomic mass is 32.1. The fourth-order valence-electron chi connectivity index (χ4n) is 2.03. The van der Waals surface area contributed by atoms with Gasteiger partial charge in [0, 0.05) is 28.2 Å². The molecule has 1 amide bonds. The SMILES string of the molecule is C/C=C/CC(NC(=O)CCC(=O)c1cc(C)sc1C)C(=O)O. The minimum atomic E-state index is -1.08. The zero-order valence-corrected chi connectivity index (χ0v) is 13.8. The van der Waals surface area contributed by atoms with Crippen molar-refractivity contribution in [2.24, 2.45) is 0 Å². The molecule has 1 heterocycles. The Morgan fingerprint density at radius 2 is 2.00 bits per heavy atom. The van der Waals surface area contributed by atoms with Crippen LogP contribution in [-0.4, -0.2) is 28.8 Å². The lowest BCUT2D eigenvalue weighted by Gasteiger charge is -2.12. The summed E-state index contributed by atoms with van der Waals surface area (Å²) in [5.74, 6) is -1.59. The van der Waals surface area contributed by atoms with Crippen molar-refractivity contribution in [3.63, 3.8) is 0 Å². The standard InChI is InChI=1S/C16H21NO4S/c1-4-5-6-13(16(20)21)17-15(19)8-7-14(18)12-9-10(2)22-11(12)3/h4-5,9,13H,6-8H2,1-3H3,(H,17,19)(H,20,21)/b5-4+. The van der Waals surface area contributed by atoms with Gasteiger partial charge in [0.15, 0.2) is 5.78 Å². The number of hydrogen-bond donors (Lipinski definition) is 2. The van der Waals surface area contributed by atoms with Crippen molar-refractivity contribution < 1.29 is 19.5 Å². The maximum absolute atomic E-state index is 12.1. The number of rotatable bonds is 8. The van der Waals surface area contributed by atoms with Crippen LogP contribution in [0.2, 0.25) is 0 Å². The monoisotopic (exact) mass is 323 g/mol. The highest BCUT2D eigenvalue weighted by Crippen LogP contribution is 2.22. The molecule has 0 aliphatic carbocycles. The lowest BCUT2D eigenvalue weighted by Crippen LogP contribution is -2.40.